The van der Waals surface area contributed by atoms with Crippen molar-refractivity contribution in [3.8, 4) is 0 Å². The molecule has 2 aromatic rings. The highest BCUT2D eigenvalue weighted by Gasteiger charge is 2.13. The first-order valence-corrected chi connectivity index (χ1v) is 6.44. The third kappa shape index (κ3) is 2.98. The molecule has 0 aliphatic carbocycles. The number of carbonyl (C=O) groups is 1. The zero-order chi connectivity index (χ0) is 12.8. The van der Waals surface area contributed by atoms with Gasteiger partial charge in [-0.2, -0.15) is 0 Å². The lowest BCUT2D eigenvalue weighted by atomic mass is 10.2. The Morgan fingerprint density at radius 3 is 2.67 bits per heavy atom. The maximum Gasteiger partial charge on any atom is 0.259 e. The minimum Gasteiger partial charge on any atom is -0.303 e. The SMILES string of the molecule is C=C=CC(=O)N(Cc1cccs1)c1ccccc1. The Hall–Kier alpha value is -2.09. The molecule has 2 rings (SSSR count). The van der Waals surface area contributed by atoms with Crippen LogP contribution in [0.4, 0.5) is 5.69 Å². The highest BCUT2D eigenvalue weighted by molar-refractivity contribution is 7.09. The Labute approximate surface area is 110 Å². The molecule has 0 bridgehead atoms. The molecule has 0 aliphatic heterocycles. The molecule has 0 fully saturated rings. The number of amides is 1. The number of anilines is 1. The van der Waals surface area contributed by atoms with E-state index in [1.165, 1.54) is 6.08 Å². The molecular weight excluding hydrogens is 242 g/mol. The highest BCUT2D eigenvalue weighted by Crippen LogP contribution is 2.19. The summed E-state index contributed by atoms with van der Waals surface area (Å²) in [7, 11) is 0. The van der Waals surface area contributed by atoms with Crippen LogP contribution in [0.3, 0.4) is 0 Å². The smallest absolute Gasteiger partial charge is 0.259 e. The second-order valence-corrected chi connectivity index (χ2v) is 4.72. The van der Waals surface area contributed by atoms with Crippen LogP contribution in [0.5, 0.6) is 0 Å². The topological polar surface area (TPSA) is 20.3 Å². The van der Waals surface area contributed by atoms with Crippen molar-refractivity contribution in [3.05, 3.63) is 71.1 Å². The fourth-order valence-corrected chi connectivity index (χ4v) is 2.32. The van der Waals surface area contributed by atoms with Crippen LogP contribution in [0.1, 0.15) is 4.88 Å². The first-order valence-electron chi connectivity index (χ1n) is 5.56. The quantitative estimate of drug-likeness (QED) is 0.603. The number of hydrogen-bond acceptors (Lipinski definition) is 2. The molecule has 1 heterocycles. The predicted molar refractivity (Wildman–Crippen MR) is 75.7 cm³/mol. The summed E-state index contributed by atoms with van der Waals surface area (Å²) in [6.45, 7) is 4.02. The predicted octanol–water partition coefficient (Wildman–Crippen LogP) is 3.62. The first-order chi connectivity index (χ1) is 8.81. The molecule has 3 heteroatoms. The van der Waals surface area contributed by atoms with Crippen LogP contribution in [-0.2, 0) is 11.3 Å². The van der Waals surface area contributed by atoms with Gasteiger partial charge in [-0.25, -0.2) is 0 Å². The summed E-state index contributed by atoms with van der Waals surface area (Å²) in [5, 5.41) is 2.01. The van der Waals surface area contributed by atoms with Gasteiger partial charge in [0.15, 0.2) is 0 Å². The van der Waals surface area contributed by atoms with Gasteiger partial charge in [0.1, 0.15) is 0 Å². The molecule has 0 radical (unpaired) electrons. The fourth-order valence-electron chi connectivity index (χ4n) is 1.63. The minimum absolute atomic E-state index is 0.107. The van der Waals surface area contributed by atoms with Crippen molar-refractivity contribution in [2.75, 3.05) is 4.90 Å². The summed E-state index contributed by atoms with van der Waals surface area (Å²) >= 11 is 1.64. The third-order valence-electron chi connectivity index (χ3n) is 2.45. The van der Waals surface area contributed by atoms with E-state index in [2.05, 4.69) is 12.3 Å². The maximum absolute atomic E-state index is 12.0. The van der Waals surface area contributed by atoms with E-state index in [1.807, 2.05) is 47.8 Å². The standard InChI is InChI=1S/C15H13NOS/c1-2-7-15(17)16(12-14-10-6-11-18-14)13-8-4-3-5-9-13/h3-11H,1,12H2. The first kappa shape index (κ1) is 12.4. The molecule has 0 N–H and O–H groups in total. The molecule has 0 saturated heterocycles. The number of thiophene rings is 1. The van der Waals surface area contributed by atoms with Crippen molar-refractivity contribution in [2.45, 2.75) is 6.54 Å². The second kappa shape index (κ2) is 6.01. The minimum atomic E-state index is -0.107. The maximum atomic E-state index is 12.0. The zero-order valence-corrected chi connectivity index (χ0v) is 10.7. The van der Waals surface area contributed by atoms with Gasteiger partial charge in [0.25, 0.3) is 5.91 Å². The van der Waals surface area contributed by atoms with Crippen molar-refractivity contribution >= 4 is 22.9 Å². The molecule has 0 aliphatic rings. The van der Waals surface area contributed by atoms with Gasteiger partial charge in [-0.1, -0.05) is 30.8 Å². The number of hydrogen-bond donors (Lipinski definition) is 0. The summed E-state index contributed by atoms with van der Waals surface area (Å²) < 4.78 is 0. The van der Waals surface area contributed by atoms with E-state index in [4.69, 9.17) is 0 Å². The summed E-state index contributed by atoms with van der Waals surface area (Å²) in [5.74, 6) is -0.107. The van der Waals surface area contributed by atoms with Crippen LogP contribution in [0.15, 0.2) is 66.2 Å². The zero-order valence-electron chi connectivity index (χ0n) is 9.87. The molecule has 90 valence electrons. The average Bonchev–Trinajstić information content (AvgIpc) is 2.90. The van der Waals surface area contributed by atoms with Gasteiger partial charge >= 0.3 is 0 Å². The lowest BCUT2D eigenvalue weighted by molar-refractivity contribution is -0.114. The van der Waals surface area contributed by atoms with Crippen LogP contribution in [0.25, 0.3) is 0 Å². The Balaban J connectivity index is 2.28. The Kier molecular flexibility index (Phi) is 4.13. The molecule has 1 amide bonds. The molecular formula is C15H13NOS. The van der Waals surface area contributed by atoms with E-state index in [1.54, 1.807) is 16.2 Å². The van der Waals surface area contributed by atoms with Crippen molar-refractivity contribution in [3.63, 3.8) is 0 Å². The number of rotatable bonds is 4. The van der Waals surface area contributed by atoms with E-state index in [0.717, 1.165) is 10.6 Å². The molecule has 2 nitrogen and oxygen atoms in total. The van der Waals surface area contributed by atoms with Crippen LogP contribution in [0.2, 0.25) is 0 Å². The van der Waals surface area contributed by atoms with Crippen LogP contribution < -0.4 is 4.90 Å². The summed E-state index contributed by atoms with van der Waals surface area (Å²) in [5.41, 5.74) is 3.41. The normalized spacial score (nSPS) is 9.56. The van der Waals surface area contributed by atoms with E-state index >= 15 is 0 Å². The van der Waals surface area contributed by atoms with Crippen LogP contribution >= 0.6 is 11.3 Å². The molecule has 0 spiro atoms. The lowest BCUT2D eigenvalue weighted by Crippen LogP contribution is -2.28. The van der Waals surface area contributed by atoms with Gasteiger partial charge in [0.2, 0.25) is 0 Å². The molecule has 1 aromatic carbocycles. The highest BCUT2D eigenvalue weighted by atomic mass is 32.1. The van der Waals surface area contributed by atoms with Crippen LogP contribution in [-0.4, -0.2) is 5.91 Å². The van der Waals surface area contributed by atoms with Gasteiger partial charge < -0.3 is 4.90 Å². The monoisotopic (exact) mass is 255 g/mol. The molecule has 0 saturated carbocycles. The third-order valence-corrected chi connectivity index (χ3v) is 3.31. The number of carbonyl (C=O) groups excluding carboxylic acids is 1. The summed E-state index contributed by atoms with van der Waals surface area (Å²) in [6, 6.07) is 13.6. The van der Waals surface area contributed by atoms with Gasteiger partial charge in [0.05, 0.1) is 6.54 Å². The second-order valence-electron chi connectivity index (χ2n) is 3.69. The fraction of sp³-hybridized carbons (Fsp3) is 0.0667. The lowest BCUT2D eigenvalue weighted by Gasteiger charge is -2.20. The van der Waals surface area contributed by atoms with E-state index in [9.17, 15) is 4.79 Å². The number of benzene rings is 1. The van der Waals surface area contributed by atoms with Crippen molar-refractivity contribution in [1.29, 1.82) is 0 Å². The van der Waals surface area contributed by atoms with Gasteiger partial charge in [-0.05, 0) is 23.6 Å². The molecule has 1 aromatic heterocycles. The molecule has 0 atom stereocenters. The van der Waals surface area contributed by atoms with E-state index in [-0.39, 0.29) is 5.91 Å². The van der Waals surface area contributed by atoms with Gasteiger partial charge in [-0.3, -0.25) is 4.79 Å². The number of nitrogens with zero attached hydrogens (tertiary/aromatic N) is 1. The van der Waals surface area contributed by atoms with Crippen molar-refractivity contribution in [1.82, 2.24) is 0 Å². The van der Waals surface area contributed by atoms with Crippen molar-refractivity contribution in [2.24, 2.45) is 0 Å². The summed E-state index contributed by atoms with van der Waals surface area (Å²) in [6.07, 6.45) is 1.36. The average molecular weight is 255 g/mol. The van der Waals surface area contributed by atoms with Crippen molar-refractivity contribution < 1.29 is 4.79 Å². The van der Waals surface area contributed by atoms with Crippen LogP contribution in [0, 0.1) is 0 Å². The Morgan fingerprint density at radius 1 is 1.28 bits per heavy atom. The molecule has 18 heavy (non-hydrogen) atoms. The number of para-hydroxylation sites is 1. The summed E-state index contributed by atoms with van der Waals surface area (Å²) in [4.78, 5) is 14.9. The van der Waals surface area contributed by atoms with Gasteiger partial charge in [-0.15, -0.1) is 17.1 Å². The molecule has 0 unspecified atom stereocenters. The van der Waals surface area contributed by atoms with E-state index in [0.29, 0.717) is 6.54 Å². The van der Waals surface area contributed by atoms with Gasteiger partial charge in [0, 0.05) is 16.6 Å². The largest absolute Gasteiger partial charge is 0.303 e. The Bertz CT molecular complexity index is 553. The Morgan fingerprint density at radius 2 is 2.06 bits per heavy atom. The van der Waals surface area contributed by atoms with E-state index < -0.39 is 0 Å².